The molecule has 0 unspecified atom stereocenters. The molecule has 1 atom stereocenters. The van der Waals surface area contributed by atoms with Crippen molar-refractivity contribution in [3.8, 4) is 22.8 Å². The van der Waals surface area contributed by atoms with Crippen molar-refractivity contribution >= 4 is 11.9 Å². The second-order valence-corrected chi connectivity index (χ2v) is 7.43. The average molecular weight is 405 g/mol. The number of nitrogens with one attached hydrogen (secondary N) is 1. The van der Waals surface area contributed by atoms with Crippen molar-refractivity contribution < 1.29 is 4.74 Å². The second-order valence-electron chi connectivity index (χ2n) is 7.43. The van der Waals surface area contributed by atoms with Crippen LogP contribution in [0.3, 0.4) is 0 Å². The van der Waals surface area contributed by atoms with Crippen molar-refractivity contribution in [2.24, 2.45) is 0 Å². The first-order valence-corrected chi connectivity index (χ1v) is 10.2. The first-order valence-electron chi connectivity index (χ1n) is 10.2. The van der Waals surface area contributed by atoms with Gasteiger partial charge in [0.1, 0.15) is 23.1 Å². The number of benzene rings is 1. The molecule has 3 heterocycles. The maximum Gasteiger partial charge on any atom is 0.146 e. The summed E-state index contributed by atoms with van der Waals surface area (Å²) in [4.78, 5) is 11.4. The smallest absolute Gasteiger partial charge is 0.146 e. The number of rotatable bonds is 6. The molecule has 0 amide bonds. The minimum Gasteiger partial charge on any atom is -0.497 e. The zero-order valence-electron chi connectivity index (χ0n) is 17.5. The minimum absolute atomic E-state index is 0.519. The summed E-state index contributed by atoms with van der Waals surface area (Å²) in [5.41, 5.74) is 9.22. The van der Waals surface area contributed by atoms with Crippen molar-refractivity contribution in [3.05, 3.63) is 60.6 Å². The standard InChI is InChI=1S/C23H28N6O/c1-17-16-26-13-15-28(17)14-3-4-21-22(24)29(19-9-11-25-12-10-19)23(27-21)18-5-7-20(30-2)8-6-18/h3-12,17,26H,13-16,24H2,1-2H3/b4-3-/t17-/m1/s1. The Kier molecular flexibility index (Phi) is 6.11. The summed E-state index contributed by atoms with van der Waals surface area (Å²) >= 11 is 0. The second kappa shape index (κ2) is 9.11. The molecular weight excluding hydrogens is 376 g/mol. The van der Waals surface area contributed by atoms with Crippen LogP contribution in [-0.4, -0.2) is 58.8 Å². The summed E-state index contributed by atoms with van der Waals surface area (Å²) < 4.78 is 7.26. The number of hydrogen-bond acceptors (Lipinski definition) is 6. The third-order valence-electron chi connectivity index (χ3n) is 5.47. The highest BCUT2D eigenvalue weighted by Crippen LogP contribution is 2.30. The number of hydrogen-bond donors (Lipinski definition) is 2. The molecule has 3 aromatic rings. The number of anilines is 1. The maximum atomic E-state index is 6.56. The van der Waals surface area contributed by atoms with Gasteiger partial charge in [-0.05, 0) is 49.4 Å². The van der Waals surface area contributed by atoms with Crippen LogP contribution in [0.5, 0.6) is 5.75 Å². The third-order valence-corrected chi connectivity index (χ3v) is 5.47. The van der Waals surface area contributed by atoms with Crippen molar-refractivity contribution in [1.82, 2.24) is 24.8 Å². The molecule has 1 saturated heterocycles. The molecule has 2 aromatic heterocycles. The molecule has 7 heteroatoms. The van der Waals surface area contributed by atoms with Gasteiger partial charge in [0, 0.05) is 50.2 Å². The quantitative estimate of drug-likeness (QED) is 0.658. The van der Waals surface area contributed by atoms with Crippen LogP contribution in [0.25, 0.3) is 23.2 Å². The molecular formula is C23H28N6O. The molecule has 30 heavy (non-hydrogen) atoms. The number of nitrogens with two attached hydrogens (primary N) is 1. The van der Waals surface area contributed by atoms with Crippen LogP contribution >= 0.6 is 0 Å². The molecule has 0 radical (unpaired) electrons. The van der Waals surface area contributed by atoms with Gasteiger partial charge in [0.15, 0.2) is 0 Å². The SMILES string of the molecule is COc1ccc(-c2nc(/C=C\CN3CCNC[C@H]3C)c(N)n2-c2ccncc2)cc1. The van der Waals surface area contributed by atoms with E-state index in [1.165, 1.54) is 0 Å². The summed E-state index contributed by atoms with van der Waals surface area (Å²) in [7, 11) is 1.66. The number of ether oxygens (including phenoxy) is 1. The van der Waals surface area contributed by atoms with E-state index in [-0.39, 0.29) is 0 Å². The van der Waals surface area contributed by atoms with E-state index < -0.39 is 0 Å². The van der Waals surface area contributed by atoms with Crippen LogP contribution < -0.4 is 15.8 Å². The predicted molar refractivity (Wildman–Crippen MR) is 121 cm³/mol. The van der Waals surface area contributed by atoms with Gasteiger partial charge in [-0.25, -0.2) is 4.98 Å². The van der Waals surface area contributed by atoms with Crippen molar-refractivity contribution in [2.45, 2.75) is 13.0 Å². The van der Waals surface area contributed by atoms with Crippen molar-refractivity contribution in [1.29, 1.82) is 0 Å². The van der Waals surface area contributed by atoms with Gasteiger partial charge in [-0.15, -0.1) is 0 Å². The first-order chi connectivity index (χ1) is 14.7. The fourth-order valence-electron chi connectivity index (χ4n) is 3.71. The fourth-order valence-corrected chi connectivity index (χ4v) is 3.71. The Morgan fingerprint density at radius 3 is 2.67 bits per heavy atom. The Morgan fingerprint density at radius 2 is 1.97 bits per heavy atom. The molecule has 1 aliphatic rings. The van der Waals surface area contributed by atoms with E-state index in [4.69, 9.17) is 15.5 Å². The van der Waals surface area contributed by atoms with Gasteiger partial charge >= 0.3 is 0 Å². The fraction of sp³-hybridized carbons (Fsp3) is 0.304. The Hall–Kier alpha value is -3.16. The summed E-state index contributed by atoms with van der Waals surface area (Å²) in [6, 6.07) is 12.2. The van der Waals surface area contributed by atoms with Gasteiger partial charge in [0.25, 0.3) is 0 Å². The molecule has 1 aromatic carbocycles. The summed E-state index contributed by atoms with van der Waals surface area (Å²) in [5, 5.41) is 3.42. The molecule has 0 spiro atoms. The van der Waals surface area contributed by atoms with E-state index in [1.54, 1.807) is 19.5 Å². The zero-order valence-corrected chi connectivity index (χ0v) is 17.5. The molecule has 7 nitrogen and oxygen atoms in total. The Balaban J connectivity index is 1.67. The number of aromatic nitrogens is 3. The lowest BCUT2D eigenvalue weighted by atomic mass is 10.2. The van der Waals surface area contributed by atoms with Gasteiger partial charge < -0.3 is 15.8 Å². The highest BCUT2D eigenvalue weighted by Gasteiger charge is 2.18. The van der Waals surface area contributed by atoms with Gasteiger partial charge in [-0.3, -0.25) is 14.5 Å². The van der Waals surface area contributed by atoms with Gasteiger partial charge in [0.05, 0.1) is 12.8 Å². The highest BCUT2D eigenvalue weighted by molar-refractivity contribution is 5.70. The van der Waals surface area contributed by atoms with E-state index in [2.05, 4.69) is 28.2 Å². The van der Waals surface area contributed by atoms with E-state index in [9.17, 15) is 0 Å². The maximum absolute atomic E-state index is 6.56. The molecule has 1 aliphatic heterocycles. The monoisotopic (exact) mass is 404 g/mol. The van der Waals surface area contributed by atoms with E-state index >= 15 is 0 Å². The number of nitrogens with zero attached hydrogens (tertiary/aromatic N) is 4. The van der Waals surface area contributed by atoms with Crippen LogP contribution in [0.1, 0.15) is 12.6 Å². The molecule has 156 valence electrons. The van der Waals surface area contributed by atoms with Gasteiger partial charge in [0.2, 0.25) is 0 Å². The summed E-state index contributed by atoms with van der Waals surface area (Å²) in [5.74, 6) is 2.20. The number of piperazine rings is 1. The number of methoxy groups -OCH3 is 1. The molecule has 4 rings (SSSR count). The van der Waals surface area contributed by atoms with E-state index in [0.29, 0.717) is 11.9 Å². The van der Waals surface area contributed by atoms with Gasteiger partial charge in [-0.1, -0.05) is 6.08 Å². The number of imidazole rings is 1. The van der Waals surface area contributed by atoms with E-state index in [0.717, 1.165) is 54.7 Å². The zero-order chi connectivity index (χ0) is 20.9. The lowest BCUT2D eigenvalue weighted by Gasteiger charge is -2.32. The van der Waals surface area contributed by atoms with Crippen LogP contribution in [-0.2, 0) is 0 Å². The van der Waals surface area contributed by atoms with Crippen LogP contribution in [0.15, 0.2) is 54.9 Å². The number of pyridine rings is 1. The van der Waals surface area contributed by atoms with Crippen LogP contribution in [0, 0.1) is 0 Å². The Morgan fingerprint density at radius 1 is 1.20 bits per heavy atom. The summed E-state index contributed by atoms with van der Waals surface area (Å²) in [6.45, 7) is 6.22. The highest BCUT2D eigenvalue weighted by atomic mass is 16.5. The molecule has 0 aliphatic carbocycles. The van der Waals surface area contributed by atoms with E-state index in [1.807, 2.05) is 47.0 Å². The van der Waals surface area contributed by atoms with Crippen molar-refractivity contribution in [2.75, 3.05) is 39.0 Å². The molecule has 0 bridgehead atoms. The molecule has 1 fully saturated rings. The number of nitrogen functional groups attached to an aromatic ring is 1. The topological polar surface area (TPSA) is 81.2 Å². The third kappa shape index (κ3) is 4.22. The Bertz CT molecular complexity index is 997. The lowest BCUT2D eigenvalue weighted by Crippen LogP contribution is -2.49. The van der Waals surface area contributed by atoms with Crippen LogP contribution in [0.4, 0.5) is 5.82 Å². The molecule has 0 saturated carbocycles. The largest absolute Gasteiger partial charge is 0.497 e. The molecule has 3 N–H and O–H groups in total. The normalized spacial score (nSPS) is 17.5. The van der Waals surface area contributed by atoms with Crippen LogP contribution in [0.2, 0.25) is 0 Å². The first kappa shape index (κ1) is 20.1. The lowest BCUT2D eigenvalue weighted by molar-refractivity contribution is 0.193. The van der Waals surface area contributed by atoms with Crippen molar-refractivity contribution in [3.63, 3.8) is 0 Å². The average Bonchev–Trinajstić information content (AvgIpc) is 3.12. The summed E-state index contributed by atoms with van der Waals surface area (Å²) in [6.07, 6.45) is 7.69. The van der Waals surface area contributed by atoms with Gasteiger partial charge in [-0.2, -0.15) is 0 Å². The predicted octanol–water partition coefficient (Wildman–Crippen LogP) is 2.83. The minimum atomic E-state index is 0.519. The Labute approximate surface area is 177 Å².